The monoisotopic (exact) mass is 252 g/mol. The average molecular weight is 252 g/mol. The van der Waals surface area contributed by atoms with Crippen LogP contribution in [0.3, 0.4) is 0 Å². The highest BCUT2D eigenvalue weighted by Crippen LogP contribution is 2.24. The molecule has 1 atom stereocenters. The van der Waals surface area contributed by atoms with Crippen LogP contribution in [0, 0.1) is 11.6 Å². The number of nitrogens with zero attached hydrogens (tertiary/aromatic N) is 1. The van der Waals surface area contributed by atoms with Crippen molar-refractivity contribution in [1.82, 2.24) is 9.97 Å². The molecule has 0 aliphatic rings. The van der Waals surface area contributed by atoms with Crippen LogP contribution in [0.15, 0.2) is 12.1 Å². The molecule has 0 saturated carbocycles. The maximum absolute atomic E-state index is 13.5. The first kappa shape index (κ1) is 13.0. The van der Waals surface area contributed by atoms with Crippen molar-refractivity contribution in [2.75, 3.05) is 0 Å². The average Bonchev–Trinajstić information content (AvgIpc) is 2.73. The molecule has 2 rings (SSSR count). The van der Waals surface area contributed by atoms with Gasteiger partial charge in [-0.3, -0.25) is 0 Å². The van der Waals surface area contributed by atoms with Gasteiger partial charge in [-0.15, -0.1) is 0 Å². The molecule has 1 N–H and O–H groups in total. The van der Waals surface area contributed by atoms with Crippen LogP contribution in [0.2, 0.25) is 0 Å². The third-order valence-electron chi connectivity index (χ3n) is 3.23. The quantitative estimate of drug-likeness (QED) is 0.778. The molecule has 0 saturated heterocycles. The van der Waals surface area contributed by atoms with Gasteiger partial charge >= 0.3 is 0 Å². The zero-order chi connectivity index (χ0) is 13.1. The molecule has 1 unspecified atom stereocenters. The molecule has 2 aromatic rings. The van der Waals surface area contributed by atoms with E-state index in [0.717, 1.165) is 24.7 Å². The normalized spacial score (nSPS) is 13.1. The minimum Gasteiger partial charge on any atom is -0.342 e. The highest BCUT2D eigenvalue weighted by atomic mass is 19.1. The molecule has 4 heteroatoms. The van der Waals surface area contributed by atoms with Crippen molar-refractivity contribution in [3.8, 4) is 0 Å². The first-order valence-corrected chi connectivity index (χ1v) is 6.46. The molecule has 98 valence electrons. The van der Waals surface area contributed by atoms with Gasteiger partial charge in [0.1, 0.15) is 17.2 Å². The fourth-order valence-electron chi connectivity index (χ4n) is 2.13. The molecule has 0 radical (unpaired) electrons. The third kappa shape index (κ3) is 2.68. The minimum absolute atomic E-state index is 0.230. The predicted molar refractivity (Wildman–Crippen MR) is 68.6 cm³/mol. The number of imidazole rings is 1. The van der Waals surface area contributed by atoms with E-state index in [-0.39, 0.29) is 11.4 Å². The maximum Gasteiger partial charge on any atom is 0.153 e. The predicted octanol–water partition coefficient (Wildman–Crippen LogP) is 4.52. The Labute approximate surface area is 105 Å². The van der Waals surface area contributed by atoms with Crippen LogP contribution in [-0.2, 0) is 0 Å². The fourth-order valence-corrected chi connectivity index (χ4v) is 2.13. The van der Waals surface area contributed by atoms with Crippen LogP contribution in [0.1, 0.15) is 51.3 Å². The molecule has 0 bridgehead atoms. The van der Waals surface area contributed by atoms with Gasteiger partial charge in [0, 0.05) is 12.0 Å². The number of halogens is 2. The third-order valence-corrected chi connectivity index (χ3v) is 3.23. The zero-order valence-electron chi connectivity index (χ0n) is 10.8. The Bertz CT molecular complexity index is 534. The minimum atomic E-state index is -0.603. The number of hydrogen-bond acceptors (Lipinski definition) is 1. The second-order valence-electron chi connectivity index (χ2n) is 4.80. The number of unbranched alkanes of at least 4 members (excludes halogenated alkanes) is 2. The summed E-state index contributed by atoms with van der Waals surface area (Å²) in [5, 5.41) is 0. The Morgan fingerprint density at radius 2 is 2.06 bits per heavy atom. The van der Waals surface area contributed by atoms with Crippen LogP contribution in [0.25, 0.3) is 11.0 Å². The lowest BCUT2D eigenvalue weighted by Gasteiger charge is -2.06. The van der Waals surface area contributed by atoms with Gasteiger partial charge < -0.3 is 4.98 Å². The van der Waals surface area contributed by atoms with Crippen molar-refractivity contribution in [2.45, 2.75) is 45.4 Å². The van der Waals surface area contributed by atoms with E-state index in [4.69, 9.17) is 0 Å². The standard InChI is InChI=1S/C14H18F2N2/c1-3-4-5-6-9(2)14-17-12-8-10(15)7-11(16)13(12)18-14/h7-9H,3-6H2,1-2H3,(H,17,18). The Balaban J connectivity index is 2.21. The zero-order valence-corrected chi connectivity index (χ0v) is 10.8. The van der Waals surface area contributed by atoms with Crippen molar-refractivity contribution in [3.05, 3.63) is 29.6 Å². The second kappa shape index (κ2) is 5.46. The van der Waals surface area contributed by atoms with Gasteiger partial charge in [-0.25, -0.2) is 13.8 Å². The van der Waals surface area contributed by atoms with E-state index in [1.54, 1.807) is 0 Å². The molecule has 1 aromatic carbocycles. The van der Waals surface area contributed by atoms with E-state index in [9.17, 15) is 8.78 Å². The lowest BCUT2D eigenvalue weighted by Crippen LogP contribution is -1.96. The number of benzene rings is 1. The van der Waals surface area contributed by atoms with E-state index in [2.05, 4.69) is 23.8 Å². The molecule has 18 heavy (non-hydrogen) atoms. The summed E-state index contributed by atoms with van der Waals surface area (Å²) < 4.78 is 26.6. The lowest BCUT2D eigenvalue weighted by atomic mass is 10.0. The highest BCUT2D eigenvalue weighted by molar-refractivity contribution is 5.75. The first-order chi connectivity index (χ1) is 8.61. The second-order valence-corrected chi connectivity index (χ2v) is 4.80. The summed E-state index contributed by atoms with van der Waals surface area (Å²) in [6, 6.07) is 2.16. The van der Waals surface area contributed by atoms with Crippen LogP contribution >= 0.6 is 0 Å². The summed E-state index contributed by atoms with van der Waals surface area (Å²) in [6.07, 6.45) is 4.50. The van der Waals surface area contributed by atoms with Gasteiger partial charge in [-0.05, 0) is 12.5 Å². The van der Waals surface area contributed by atoms with E-state index in [1.165, 1.54) is 18.9 Å². The van der Waals surface area contributed by atoms with E-state index >= 15 is 0 Å². The van der Waals surface area contributed by atoms with Gasteiger partial charge in [0.05, 0.1) is 5.52 Å². The molecule has 0 fully saturated rings. The Morgan fingerprint density at radius 1 is 1.28 bits per heavy atom. The van der Waals surface area contributed by atoms with Gasteiger partial charge in [0.15, 0.2) is 5.82 Å². The molecule has 0 amide bonds. The van der Waals surface area contributed by atoms with Crippen molar-refractivity contribution in [2.24, 2.45) is 0 Å². The van der Waals surface area contributed by atoms with E-state index in [1.807, 2.05) is 0 Å². The van der Waals surface area contributed by atoms with Gasteiger partial charge in [-0.1, -0.05) is 33.1 Å². The van der Waals surface area contributed by atoms with Gasteiger partial charge in [0.2, 0.25) is 0 Å². The molecule has 0 aliphatic heterocycles. The van der Waals surface area contributed by atoms with Gasteiger partial charge in [0.25, 0.3) is 0 Å². The number of rotatable bonds is 5. The van der Waals surface area contributed by atoms with Crippen LogP contribution in [0.4, 0.5) is 8.78 Å². The van der Waals surface area contributed by atoms with E-state index in [0.29, 0.717) is 5.52 Å². The SMILES string of the molecule is CCCCCC(C)c1nc2c(F)cc(F)cc2[nH]1. The summed E-state index contributed by atoms with van der Waals surface area (Å²) in [6.45, 7) is 4.21. The first-order valence-electron chi connectivity index (χ1n) is 6.46. The van der Waals surface area contributed by atoms with Crippen molar-refractivity contribution in [3.63, 3.8) is 0 Å². The number of aromatic amines is 1. The topological polar surface area (TPSA) is 28.7 Å². The van der Waals surface area contributed by atoms with Crippen LogP contribution < -0.4 is 0 Å². The van der Waals surface area contributed by atoms with Crippen molar-refractivity contribution < 1.29 is 8.78 Å². The Morgan fingerprint density at radius 3 is 2.78 bits per heavy atom. The van der Waals surface area contributed by atoms with Crippen molar-refractivity contribution >= 4 is 11.0 Å². The largest absolute Gasteiger partial charge is 0.342 e. The van der Waals surface area contributed by atoms with Crippen LogP contribution in [0.5, 0.6) is 0 Å². The summed E-state index contributed by atoms with van der Waals surface area (Å²) in [5.41, 5.74) is 0.665. The number of H-pyrrole nitrogens is 1. The number of aromatic nitrogens is 2. The van der Waals surface area contributed by atoms with Crippen LogP contribution in [-0.4, -0.2) is 9.97 Å². The summed E-state index contributed by atoms with van der Waals surface area (Å²) in [5.74, 6) is -0.195. The van der Waals surface area contributed by atoms with E-state index < -0.39 is 11.6 Å². The smallest absolute Gasteiger partial charge is 0.153 e. The molecule has 0 aliphatic carbocycles. The Hall–Kier alpha value is -1.45. The molecular weight excluding hydrogens is 234 g/mol. The Kier molecular flexibility index (Phi) is 3.94. The molecule has 1 heterocycles. The number of nitrogens with one attached hydrogen (secondary N) is 1. The highest BCUT2D eigenvalue weighted by Gasteiger charge is 2.14. The molecule has 1 aromatic heterocycles. The molecule has 2 nitrogen and oxygen atoms in total. The van der Waals surface area contributed by atoms with Crippen molar-refractivity contribution in [1.29, 1.82) is 0 Å². The number of fused-ring (bicyclic) bond motifs is 1. The maximum atomic E-state index is 13.5. The molecular formula is C14H18F2N2. The summed E-state index contributed by atoms with van der Waals surface area (Å²) in [4.78, 5) is 7.25. The lowest BCUT2D eigenvalue weighted by molar-refractivity contribution is 0.579. The number of hydrogen-bond donors (Lipinski definition) is 1. The summed E-state index contributed by atoms with van der Waals surface area (Å²) in [7, 11) is 0. The molecule has 0 spiro atoms. The summed E-state index contributed by atoms with van der Waals surface area (Å²) >= 11 is 0. The fraction of sp³-hybridized carbons (Fsp3) is 0.500. The van der Waals surface area contributed by atoms with Gasteiger partial charge in [-0.2, -0.15) is 0 Å².